The summed E-state index contributed by atoms with van der Waals surface area (Å²) >= 11 is 1.78. The van der Waals surface area contributed by atoms with Gasteiger partial charge in [0.2, 0.25) is 11.8 Å². The number of aromatic nitrogens is 2. The van der Waals surface area contributed by atoms with Gasteiger partial charge in [0.05, 0.1) is 18.3 Å². The van der Waals surface area contributed by atoms with E-state index in [1.165, 1.54) is 5.69 Å². The van der Waals surface area contributed by atoms with E-state index in [0.29, 0.717) is 37.3 Å². The number of rotatable bonds is 10. The minimum absolute atomic E-state index is 0.0281. The molecule has 158 valence electrons. The number of nitrogens with zero attached hydrogens (tertiary/aromatic N) is 4. The Balaban J connectivity index is 1.37. The molecule has 2 aromatic rings. The maximum absolute atomic E-state index is 12.3. The van der Waals surface area contributed by atoms with Crippen LogP contribution in [0.4, 0.5) is 5.69 Å². The van der Waals surface area contributed by atoms with Crippen molar-refractivity contribution in [1.82, 2.24) is 20.4 Å². The maximum atomic E-state index is 12.3. The van der Waals surface area contributed by atoms with Gasteiger partial charge in [-0.3, -0.25) is 9.69 Å². The van der Waals surface area contributed by atoms with Crippen molar-refractivity contribution in [3.05, 3.63) is 42.0 Å². The van der Waals surface area contributed by atoms with Crippen LogP contribution in [0.3, 0.4) is 0 Å². The summed E-state index contributed by atoms with van der Waals surface area (Å²) < 4.78 is 5.33. The number of likely N-dealkylation sites (N-methyl/N-ethyl adjacent to an activating group) is 1. The predicted molar refractivity (Wildman–Crippen MR) is 117 cm³/mol. The van der Waals surface area contributed by atoms with Gasteiger partial charge in [0.25, 0.3) is 0 Å². The Morgan fingerprint density at radius 1 is 1.41 bits per heavy atom. The monoisotopic (exact) mass is 417 g/mol. The highest BCUT2D eigenvalue weighted by molar-refractivity contribution is 7.99. The minimum atomic E-state index is 0.0281. The molecular formula is C21H31N5O2S. The fourth-order valence-electron chi connectivity index (χ4n) is 3.54. The van der Waals surface area contributed by atoms with Crippen LogP contribution in [0.5, 0.6) is 0 Å². The molecule has 1 amide bonds. The van der Waals surface area contributed by atoms with E-state index in [-0.39, 0.29) is 11.2 Å². The Bertz CT molecular complexity index is 769. The van der Waals surface area contributed by atoms with Gasteiger partial charge >= 0.3 is 0 Å². The van der Waals surface area contributed by atoms with Crippen molar-refractivity contribution in [3.8, 4) is 0 Å². The van der Waals surface area contributed by atoms with Gasteiger partial charge in [0.15, 0.2) is 5.82 Å². The topological polar surface area (TPSA) is 74.5 Å². The van der Waals surface area contributed by atoms with Crippen molar-refractivity contribution in [3.63, 3.8) is 0 Å². The number of amides is 1. The molecule has 1 saturated heterocycles. The molecule has 0 aliphatic carbocycles. The van der Waals surface area contributed by atoms with Gasteiger partial charge in [-0.2, -0.15) is 16.7 Å². The van der Waals surface area contributed by atoms with Crippen LogP contribution in [-0.2, 0) is 11.3 Å². The molecule has 8 heteroatoms. The van der Waals surface area contributed by atoms with Gasteiger partial charge in [-0.15, -0.1) is 0 Å². The lowest BCUT2D eigenvalue weighted by atomic mass is 10.1. The van der Waals surface area contributed by atoms with Crippen LogP contribution in [0.2, 0.25) is 0 Å². The molecule has 3 rings (SSSR count). The Morgan fingerprint density at radius 2 is 2.21 bits per heavy atom. The first kappa shape index (κ1) is 21.6. The van der Waals surface area contributed by atoms with Crippen LogP contribution in [0.25, 0.3) is 0 Å². The second-order valence-corrected chi connectivity index (χ2v) is 9.17. The highest BCUT2D eigenvalue weighted by Gasteiger charge is 2.23. The van der Waals surface area contributed by atoms with E-state index in [9.17, 15) is 4.79 Å². The van der Waals surface area contributed by atoms with Gasteiger partial charge in [-0.25, -0.2) is 0 Å². The fourth-order valence-corrected chi connectivity index (χ4v) is 4.29. The number of nitrogens with one attached hydrogen (secondary N) is 1. The van der Waals surface area contributed by atoms with Crippen molar-refractivity contribution >= 4 is 23.4 Å². The van der Waals surface area contributed by atoms with Crippen LogP contribution < -0.4 is 10.2 Å². The van der Waals surface area contributed by atoms with Crippen molar-refractivity contribution in [1.29, 1.82) is 0 Å². The van der Waals surface area contributed by atoms with E-state index >= 15 is 0 Å². The van der Waals surface area contributed by atoms with Gasteiger partial charge in [-0.1, -0.05) is 30.3 Å². The average molecular weight is 418 g/mol. The van der Waals surface area contributed by atoms with Gasteiger partial charge in [-0.05, 0) is 44.2 Å². The molecule has 1 N–H and O–H groups in total. The molecule has 2 atom stereocenters. The maximum Gasteiger partial charge on any atom is 0.240 e. The SMILES string of the molecule is CCS[C@@H](C)c1noc(CN(C)CC(=O)NC[C@@H]2CCN(c3ccccc3)C2)n1. The minimum Gasteiger partial charge on any atom is -0.371 e. The van der Waals surface area contributed by atoms with Crippen molar-refractivity contribution < 1.29 is 9.32 Å². The average Bonchev–Trinajstić information content (AvgIpc) is 3.37. The first-order chi connectivity index (χ1) is 14.0. The third-order valence-corrected chi connectivity index (χ3v) is 6.12. The molecule has 0 radical (unpaired) electrons. The Labute approximate surface area is 177 Å². The second kappa shape index (κ2) is 10.6. The summed E-state index contributed by atoms with van der Waals surface area (Å²) in [6.07, 6.45) is 1.10. The second-order valence-electron chi connectivity index (χ2n) is 7.56. The number of hydrogen-bond donors (Lipinski definition) is 1. The molecule has 0 saturated carbocycles. The quantitative estimate of drug-likeness (QED) is 0.637. The molecule has 2 heterocycles. The molecule has 1 aromatic heterocycles. The van der Waals surface area contributed by atoms with Crippen LogP contribution in [0.1, 0.15) is 37.2 Å². The largest absolute Gasteiger partial charge is 0.371 e. The van der Waals surface area contributed by atoms with E-state index in [1.807, 2.05) is 18.0 Å². The predicted octanol–water partition coefficient (Wildman–Crippen LogP) is 2.96. The van der Waals surface area contributed by atoms with E-state index < -0.39 is 0 Å². The number of anilines is 1. The van der Waals surface area contributed by atoms with Gasteiger partial charge < -0.3 is 14.7 Å². The van der Waals surface area contributed by atoms with Crippen LogP contribution in [0, 0.1) is 5.92 Å². The zero-order valence-electron chi connectivity index (χ0n) is 17.5. The number of thioether (sulfide) groups is 1. The number of para-hydroxylation sites is 1. The lowest BCUT2D eigenvalue weighted by molar-refractivity contribution is -0.122. The third kappa shape index (κ3) is 6.47. The summed E-state index contributed by atoms with van der Waals surface area (Å²) in [5.41, 5.74) is 1.26. The Hall–Kier alpha value is -2.06. The zero-order valence-corrected chi connectivity index (χ0v) is 18.3. The summed E-state index contributed by atoms with van der Waals surface area (Å²) in [4.78, 5) is 21.0. The van der Waals surface area contributed by atoms with Crippen LogP contribution in [0.15, 0.2) is 34.9 Å². The van der Waals surface area contributed by atoms with E-state index in [1.54, 1.807) is 11.8 Å². The number of carbonyl (C=O) groups is 1. The highest BCUT2D eigenvalue weighted by atomic mass is 32.2. The van der Waals surface area contributed by atoms with E-state index in [0.717, 1.165) is 25.3 Å². The first-order valence-electron chi connectivity index (χ1n) is 10.2. The van der Waals surface area contributed by atoms with Gasteiger partial charge in [0.1, 0.15) is 0 Å². The van der Waals surface area contributed by atoms with Gasteiger partial charge in [0, 0.05) is 25.3 Å². The summed E-state index contributed by atoms with van der Waals surface area (Å²) in [6, 6.07) is 10.4. The van der Waals surface area contributed by atoms with E-state index in [2.05, 4.69) is 58.5 Å². The first-order valence-corrected chi connectivity index (χ1v) is 11.3. The molecule has 0 unspecified atom stereocenters. The molecule has 1 aliphatic heterocycles. The molecule has 29 heavy (non-hydrogen) atoms. The van der Waals surface area contributed by atoms with Crippen LogP contribution >= 0.6 is 11.8 Å². The highest BCUT2D eigenvalue weighted by Crippen LogP contribution is 2.25. The Kier molecular flexibility index (Phi) is 7.94. The van der Waals surface area contributed by atoms with Crippen molar-refractivity contribution in [2.75, 3.05) is 43.9 Å². The standard InChI is InChI=1S/C21H31N5O2S/c1-4-29-16(2)21-23-20(28-24-21)15-25(3)14-19(27)22-12-17-10-11-26(13-17)18-8-6-5-7-9-18/h5-9,16-17H,4,10-15H2,1-3H3,(H,22,27)/t16-,17-/m0/s1. The molecule has 7 nitrogen and oxygen atoms in total. The molecule has 0 bridgehead atoms. The third-order valence-electron chi connectivity index (χ3n) is 5.08. The van der Waals surface area contributed by atoms with Crippen LogP contribution in [-0.4, -0.2) is 59.9 Å². The molecular weight excluding hydrogens is 386 g/mol. The number of benzene rings is 1. The van der Waals surface area contributed by atoms with E-state index in [4.69, 9.17) is 4.52 Å². The Morgan fingerprint density at radius 3 is 2.97 bits per heavy atom. The van der Waals surface area contributed by atoms with Crippen molar-refractivity contribution in [2.24, 2.45) is 5.92 Å². The zero-order chi connectivity index (χ0) is 20.6. The fraction of sp³-hybridized carbons (Fsp3) is 0.571. The van der Waals surface area contributed by atoms with Crippen molar-refractivity contribution in [2.45, 2.75) is 32.1 Å². The number of hydrogen-bond acceptors (Lipinski definition) is 7. The molecule has 1 fully saturated rings. The summed E-state index contributed by atoms with van der Waals surface area (Å²) in [5.74, 6) is 2.79. The molecule has 1 aliphatic rings. The normalized spacial score (nSPS) is 17.7. The molecule has 0 spiro atoms. The summed E-state index contributed by atoms with van der Waals surface area (Å²) in [5, 5.41) is 7.34. The summed E-state index contributed by atoms with van der Waals surface area (Å²) in [7, 11) is 1.89. The smallest absolute Gasteiger partial charge is 0.240 e. The molecule has 1 aromatic carbocycles. The summed E-state index contributed by atoms with van der Waals surface area (Å²) in [6.45, 7) is 7.70. The lowest BCUT2D eigenvalue weighted by Gasteiger charge is -2.19. The number of carbonyl (C=O) groups excluding carboxylic acids is 1. The lowest BCUT2D eigenvalue weighted by Crippen LogP contribution is -2.38.